The molecule has 2 aliphatic rings. The minimum atomic E-state index is -0.395. The number of carbonyl (C=O) groups excluding carboxylic acids is 2. The molecule has 5 heteroatoms. The van der Waals surface area contributed by atoms with Crippen molar-refractivity contribution in [2.45, 2.75) is 44.7 Å². The van der Waals surface area contributed by atoms with Crippen LogP contribution in [0.5, 0.6) is 0 Å². The zero-order valence-electron chi connectivity index (χ0n) is 16.8. The summed E-state index contributed by atoms with van der Waals surface area (Å²) in [6.45, 7) is 4.70. The highest BCUT2D eigenvalue weighted by Crippen LogP contribution is 2.49. The van der Waals surface area contributed by atoms with Crippen LogP contribution >= 0.6 is 11.6 Å². The SMILES string of the molecule is CC(C)C[C@H]1C(=O)N[C@@H](c2ccccc2)CN1C(=O)[C@@H]1C[C@H]1c1ccc(Cl)cc1. The summed E-state index contributed by atoms with van der Waals surface area (Å²) in [4.78, 5) is 28.2. The maximum absolute atomic E-state index is 13.4. The lowest BCUT2D eigenvalue weighted by Gasteiger charge is -2.40. The highest BCUT2D eigenvalue weighted by molar-refractivity contribution is 6.30. The topological polar surface area (TPSA) is 49.4 Å². The summed E-state index contributed by atoms with van der Waals surface area (Å²) in [7, 11) is 0. The second kappa shape index (κ2) is 8.19. The average Bonchev–Trinajstić information content (AvgIpc) is 3.50. The predicted octanol–water partition coefficient (Wildman–Crippen LogP) is 4.56. The van der Waals surface area contributed by atoms with Crippen molar-refractivity contribution in [3.05, 3.63) is 70.7 Å². The van der Waals surface area contributed by atoms with E-state index in [-0.39, 0.29) is 29.7 Å². The molecular weight excluding hydrogens is 384 g/mol. The monoisotopic (exact) mass is 410 g/mol. The van der Waals surface area contributed by atoms with Gasteiger partial charge in [0.05, 0.1) is 6.04 Å². The van der Waals surface area contributed by atoms with Crippen LogP contribution in [0.2, 0.25) is 5.02 Å². The lowest BCUT2D eigenvalue weighted by Crippen LogP contribution is -2.59. The molecule has 29 heavy (non-hydrogen) atoms. The van der Waals surface area contributed by atoms with Crippen LogP contribution in [0, 0.1) is 11.8 Å². The van der Waals surface area contributed by atoms with Gasteiger partial charge in [0.15, 0.2) is 0 Å². The molecule has 1 N–H and O–H groups in total. The molecule has 0 bridgehead atoms. The number of nitrogens with zero attached hydrogens (tertiary/aromatic N) is 1. The van der Waals surface area contributed by atoms with Crippen LogP contribution in [0.25, 0.3) is 0 Å². The molecule has 0 radical (unpaired) electrons. The van der Waals surface area contributed by atoms with Crippen molar-refractivity contribution in [3.63, 3.8) is 0 Å². The Kier molecular flexibility index (Phi) is 5.64. The van der Waals surface area contributed by atoms with Gasteiger partial charge in [0.1, 0.15) is 6.04 Å². The van der Waals surface area contributed by atoms with E-state index in [9.17, 15) is 9.59 Å². The van der Waals surface area contributed by atoms with Gasteiger partial charge in [0.25, 0.3) is 0 Å². The van der Waals surface area contributed by atoms with Gasteiger partial charge in [-0.15, -0.1) is 0 Å². The van der Waals surface area contributed by atoms with E-state index >= 15 is 0 Å². The van der Waals surface area contributed by atoms with E-state index in [1.54, 1.807) is 0 Å². The first-order valence-corrected chi connectivity index (χ1v) is 10.7. The third-order valence-electron chi connectivity index (χ3n) is 5.96. The minimum absolute atomic E-state index is 0.0455. The number of benzene rings is 2. The third-order valence-corrected chi connectivity index (χ3v) is 6.21. The number of hydrogen-bond acceptors (Lipinski definition) is 2. The standard InChI is InChI=1S/C24H27ClN2O2/c1-15(2)12-22-23(28)26-21(17-6-4-3-5-7-17)14-27(22)24(29)20-13-19(20)16-8-10-18(25)11-9-16/h3-11,15,19-22H,12-14H2,1-2H3,(H,26,28)/t19-,20+,21+,22-/m0/s1. The van der Waals surface area contributed by atoms with Crippen LogP contribution in [-0.4, -0.2) is 29.3 Å². The normalized spacial score (nSPS) is 26.3. The molecule has 2 amide bonds. The number of nitrogens with one attached hydrogen (secondary N) is 1. The van der Waals surface area contributed by atoms with Gasteiger partial charge in [-0.2, -0.15) is 0 Å². The minimum Gasteiger partial charge on any atom is -0.346 e. The quantitative estimate of drug-likeness (QED) is 0.785. The van der Waals surface area contributed by atoms with Crippen molar-refractivity contribution in [2.75, 3.05) is 6.54 Å². The first-order valence-electron chi connectivity index (χ1n) is 10.3. The molecule has 152 valence electrons. The lowest BCUT2D eigenvalue weighted by molar-refractivity contribution is -0.146. The fourth-order valence-electron chi connectivity index (χ4n) is 4.34. The third kappa shape index (κ3) is 4.32. The van der Waals surface area contributed by atoms with Crippen molar-refractivity contribution in [1.82, 2.24) is 10.2 Å². The van der Waals surface area contributed by atoms with E-state index in [0.717, 1.165) is 17.5 Å². The van der Waals surface area contributed by atoms with Gasteiger partial charge in [-0.05, 0) is 47.9 Å². The molecule has 2 fully saturated rings. The number of carbonyl (C=O) groups is 2. The fourth-order valence-corrected chi connectivity index (χ4v) is 4.46. The van der Waals surface area contributed by atoms with Gasteiger partial charge in [-0.25, -0.2) is 0 Å². The smallest absolute Gasteiger partial charge is 0.243 e. The van der Waals surface area contributed by atoms with Crippen molar-refractivity contribution in [1.29, 1.82) is 0 Å². The molecule has 4 rings (SSSR count). The van der Waals surface area contributed by atoms with Gasteiger partial charge in [0, 0.05) is 17.5 Å². The highest BCUT2D eigenvalue weighted by Gasteiger charge is 2.49. The average molecular weight is 411 g/mol. The molecule has 1 aliphatic heterocycles. The molecule has 1 aliphatic carbocycles. The molecule has 0 unspecified atom stereocenters. The van der Waals surface area contributed by atoms with Crippen molar-refractivity contribution < 1.29 is 9.59 Å². The van der Waals surface area contributed by atoms with E-state index < -0.39 is 6.04 Å². The molecule has 2 aromatic carbocycles. The molecule has 0 aromatic heterocycles. The van der Waals surface area contributed by atoms with Crippen LogP contribution in [0.1, 0.15) is 49.8 Å². The van der Waals surface area contributed by atoms with Gasteiger partial charge in [-0.1, -0.05) is 67.9 Å². The van der Waals surface area contributed by atoms with E-state index in [1.807, 2.05) is 59.5 Å². The summed E-state index contributed by atoms with van der Waals surface area (Å²) >= 11 is 6.00. The summed E-state index contributed by atoms with van der Waals surface area (Å²) in [5.41, 5.74) is 2.18. The number of hydrogen-bond donors (Lipinski definition) is 1. The Balaban J connectivity index is 1.54. The summed E-state index contributed by atoms with van der Waals surface area (Å²) in [6, 6.07) is 17.1. The number of rotatable bonds is 5. The van der Waals surface area contributed by atoms with Crippen LogP contribution in [0.3, 0.4) is 0 Å². The highest BCUT2D eigenvalue weighted by atomic mass is 35.5. The zero-order chi connectivity index (χ0) is 20.5. The number of amides is 2. The molecule has 1 saturated heterocycles. The number of piperazine rings is 1. The van der Waals surface area contributed by atoms with E-state index in [0.29, 0.717) is 23.9 Å². The van der Waals surface area contributed by atoms with Crippen molar-refractivity contribution in [2.24, 2.45) is 11.8 Å². The first-order chi connectivity index (χ1) is 13.9. The lowest BCUT2D eigenvalue weighted by atomic mass is 9.95. The Morgan fingerprint density at radius 1 is 1.10 bits per heavy atom. The Morgan fingerprint density at radius 3 is 2.45 bits per heavy atom. The predicted molar refractivity (Wildman–Crippen MR) is 115 cm³/mol. The largest absolute Gasteiger partial charge is 0.346 e. The second-order valence-electron chi connectivity index (χ2n) is 8.61. The van der Waals surface area contributed by atoms with E-state index in [1.165, 1.54) is 0 Å². The Hall–Kier alpha value is -2.33. The van der Waals surface area contributed by atoms with Crippen LogP contribution < -0.4 is 5.32 Å². The summed E-state index contributed by atoms with van der Waals surface area (Å²) in [5.74, 6) is 0.565. The molecule has 1 heterocycles. The Bertz CT molecular complexity index is 882. The Morgan fingerprint density at radius 2 is 1.79 bits per heavy atom. The molecule has 0 spiro atoms. The van der Waals surface area contributed by atoms with Gasteiger partial charge in [-0.3, -0.25) is 9.59 Å². The van der Waals surface area contributed by atoms with E-state index in [4.69, 9.17) is 11.6 Å². The van der Waals surface area contributed by atoms with Crippen LogP contribution in [0.4, 0.5) is 0 Å². The first kappa shape index (κ1) is 20.0. The maximum Gasteiger partial charge on any atom is 0.243 e. The summed E-state index contributed by atoms with van der Waals surface area (Å²) in [6.07, 6.45) is 1.51. The van der Waals surface area contributed by atoms with Crippen LogP contribution in [-0.2, 0) is 9.59 Å². The zero-order valence-corrected chi connectivity index (χ0v) is 17.6. The second-order valence-corrected chi connectivity index (χ2v) is 9.04. The fraction of sp³-hybridized carbons (Fsp3) is 0.417. The van der Waals surface area contributed by atoms with Crippen molar-refractivity contribution >= 4 is 23.4 Å². The summed E-state index contributed by atoms with van der Waals surface area (Å²) in [5, 5.41) is 3.84. The molecular formula is C24H27ClN2O2. The van der Waals surface area contributed by atoms with Gasteiger partial charge >= 0.3 is 0 Å². The Labute approximate surface area is 177 Å². The molecule has 2 aromatic rings. The van der Waals surface area contributed by atoms with Crippen LogP contribution in [0.15, 0.2) is 54.6 Å². The number of halogens is 1. The molecule has 1 saturated carbocycles. The van der Waals surface area contributed by atoms with Crippen molar-refractivity contribution in [3.8, 4) is 0 Å². The van der Waals surface area contributed by atoms with Gasteiger partial charge < -0.3 is 10.2 Å². The van der Waals surface area contributed by atoms with E-state index in [2.05, 4.69) is 19.2 Å². The summed E-state index contributed by atoms with van der Waals surface area (Å²) < 4.78 is 0. The maximum atomic E-state index is 13.4. The van der Waals surface area contributed by atoms with Gasteiger partial charge in [0.2, 0.25) is 11.8 Å². The molecule has 4 atom stereocenters. The molecule has 4 nitrogen and oxygen atoms in total.